The fourth-order valence-electron chi connectivity index (χ4n) is 3.96. The molecule has 0 bridgehead atoms. The van der Waals surface area contributed by atoms with Crippen LogP contribution >= 0.6 is 0 Å². The van der Waals surface area contributed by atoms with E-state index in [1.165, 1.54) is 22.6 Å². The lowest BCUT2D eigenvalue weighted by Crippen LogP contribution is -2.56. The molecular formula is C22H33N5O2S. The van der Waals surface area contributed by atoms with Gasteiger partial charge in [0.2, 0.25) is 10.0 Å². The molecule has 3 rings (SSSR count). The average Bonchev–Trinajstić information content (AvgIpc) is 2.68. The summed E-state index contributed by atoms with van der Waals surface area (Å²) in [6, 6.07) is 15.0. The largest absolute Gasteiger partial charge is 0.354 e. The van der Waals surface area contributed by atoms with Gasteiger partial charge in [0.05, 0.1) is 6.26 Å². The summed E-state index contributed by atoms with van der Waals surface area (Å²) in [5.74, 6) is 0.809. The predicted molar refractivity (Wildman–Crippen MR) is 124 cm³/mol. The first-order valence-corrected chi connectivity index (χ1v) is 12.2. The molecule has 2 aromatic carbocycles. The van der Waals surface area contributed by atoms with Crippen LogP contribution in [0.25, 0.3) is 10.8 Å². The average molecular weight is 432 g/mol. The summed E-state index contributed by atoms with van der Waals surface area (Å²) < 4.78 is 25.7. The Hall–Kier alpha value is -2.16. The molecule has 8 heteroatoms. The Morgan fingerprint density at radius 2 is 1.73 bits per heavy atom. The zero-order valence-corrected chi connectivity index (χ0v) is 19.2. The molecule has 7 nitrogen and oxygen atoms in total. The van der Waals surface area contributed by atoms with Crippen molar-refractivity contribution in [2.24, 2.45) is 4.99 Å². The van der Waals surface area contributed by atoms with Crippen LogP contribution in [0.15, 0.2) is 47.5 Å². The number of nitrogens with zero attached hydrogens (tertiary/aromatic N) is 3. The highest BCUT2D eigenvalue weighted by molar-refractivity contribution is 7.88. The zero-order valence-electron chi connectivity index (χ0n) is 18.4. The predicted octanol–water partition coefficient (Wildman–Crippen LogP) is 1.86. The monoisotopic (exact) mass is 431 g/mol. The van der Waals surface area contributed by atoms with E-state index in [-0.39, 0.29) is 0 Å². The molecule has 0 saturated carbocycles. The number of nitrogens with one attached hydrogen (secondary N) is 2. The minimum atomic E-state index is -3.26. The maximum Gasteiger partial charge on any atom is 0.209 e. The van der Waals surface area contributed by atoms with Crippen LogP contribution in [-0.2, 0) is 16.6 Å². The van der Waals surface area contributed by atoms with E-state index in [9.17, 15) is 8.42 Å². The first-order chi connectivity index (χ1) is 14.2. The molecule has 0 atom stereocenters. The van der Waals surface area contributed by atoms with Crippen molar-refractivity contribution in [1.29, 1.82) is 0 Å². The lowest BCUT2D eigenvalue weighted by Gasteiger charge is -2.37. The summed E-state index contributed by atoms with van der Waals surface area (Å²) in [7, 11) is -1.50. The normalized spacial score (nSPS) is 16.8. The molecule has 1 heterocycles. The summed E-state index contributed by atoms with van der Waals surface area (Å²) in [5.41, 5.74) is 0.761. The van der Waals surface area contributed by atoms with Gasteiger partial charge in [0.1, 0.15) is 0 Å². The third-order valence-corrected chi connectivity index (χ3v) is 6.23. The molecule has 0 unspecified atom stereocenters. The summed E-state index contributed by atoms with van der Waals surface area (Å²) >= 11 is 0. The van der Waals surface area contributed by atoms with Crippen LogP contribution in [-0.4, -0.2) is 75.7 Å². The number of aliphatic imine (C=N–C) groups is 1. The van der Waals surface area contributed by atoms with Crippen molar-refractivity contribution in [2.45, 2.75) is 25.9 Å². The fourth-order valence-corrected chi connectivity index (χ4v) is 5.04. The van der Waals surface area contributed by atoms with E-state index >= 15 is 0 Å². The Kier molecular flexibility index (Phi) is 7.00. The molecule has 0 aromatic heterocycles. The molecule has 30 heavy (non-hydrogen) atoms. The molecule has 2 aromatic rings. The van der Waals surface area contributed by atoms with Crippen LogP contribution in [0.1, 0.15) is 19.4 Å². The number of hydrogen-bond donors (Lipinski definition) is 2. The molecule has 1 aliphatic heterocycles. The van der Waals surface area contributed by atoms with Gasteiger partial charge in [0, 0.05) is 51.9 Å². The van der Waals surface area contributed by atoms with Gasteiger partial charge in [-0.15, -0.1) is 0 Å². The highest BCUT2D eigenvalue weighted by Gasteiger charge is 2.25. The molecule has 1 aliphatic rings. The topological polar surface area (TPSA) is 77.0 Å². The molecule has 0 aliphatic carbocycles. The van der Waals surface area contributed by atoms with Crippen LogP contribution in [0.5, 0.6) is 0 Å². The van der Waals surface area contributed by atoms with Crippen molar-refractivity contribution in [3.8, 4) is 0 Å². The van der Waals surface area contributed by atoms with Crippen molar-refractivity contribution >= 4 is 26.8 Å². The number of sulfonamides is 1. The molecule has 0 spiro atoms. The lowest BCUT2D eigenvalue weighted by molar-refractivity contribution is 0.172. The van der Waals surface area contributed by atoms with Crippen LogP contribution in [0.2, 0.25) is 0 Å². The van der Waals surface area contributed by atoms with Crippen molar-refractivity contribution in [3.63, 3.8) is 0 Å². The Morgan fingerprint density at radius 3 is 2.40 bits per heavy atom. The molecule has 0 amide bonds. The minimum absolute atomic E-state index is 0.461. The molecular weight excluding hydrogens is 398 g/mol. The smallest absolute Gasteiger partial charge is 0.209 e. The molecule has 0 radical (unpaired) electrons. The van der Waals surface area contributed by atoms with Crippen molar-refractivity contribution in [3.05, 3.63) is 48.0 Å². The van der Waals surface area contributed by atoms with E-state index in [1.54, 1.807) is 7.05 Å². The van der Waals surface area contributed by atoms with Gasteiger partial charge in [-0.2, -0.15) is 0 Å². The van der Waals surface area contributed by atoms with Crippen molar-refractivity contribution in [1.82, 2.24) is 19.8 Å². The van der Waals surface area contributed by atoms with Gasteiger partial charge in [-0.25, -0.2) is 13.1 Å². The second kappa shape index (κ2) is 9.32. The van der Waals surface area contributed by atoms with E-state index in [1.807, 2.05) is 13.8 Å². The summed E-state index contributed by atoms with van der Waals surface area (Å²) in [4.78, 5) is 9.10. The Morgan fingerprint density at radius 1 is 1.07 bits per heavy atom. The highest BCUT2D eigenvalue weighted by atomic mass is 32.2. The van der Waals surface area contributed by atoms with Crippen LogP contribution < -0.4 is 10.0 Å². The Labute approximate surface area is 180 Å². The SMILES string of the molecule is CN=C(NCC(C)(C)NS(C)(=O)=O)N1CCN(Cc2cccc3ccccc23)CC1. The molecule has 1 fully saturated rings. The minimum Gasteiger partial charge on any atom is -0.354 e. The molecule has 2 N–H and O–H groups in total. The second-order valence-electron chi connectivity index (χ2n) is 8.56. The van der Waals surface area contributed by atoms with Gasteiger partial charge in [-0.05, 0) is 30.2 Å². The maximum absolute atomic E-state index is 11.5. The molecule has 164 valence electrons. The van der Waals surface area contributed by atoms with Crippen LogP contribution in [0.4, 0.5) is 0 Å². The number of guanidine groups is 1. The van der Waals surface area contributed by atoms with Gasteiger partial charge in [-0.1, -0.05) is 42.5 Å². The number of rotatable bonds is 6. The van der Waals surface area contributed by atoms with E-state index in [2.05, 4.69) is 67.3 Å². The van der Waals surface area contributed by atoms with Gasteiger partial charge >= 0.3 is 0 Å². The van der Waals surface area contributed by atoms with E-state index in [4.69, 9.17) is 0 Å². The van der Waals surface area contributed by atoms with E-state index in [0.29, 0.717) is 6.54 Å². The maximum atomic E-state index is 11.5. The first kappa shape index (κ1) is 22.5. The van der Waals surface area contributed by atoms with Crippen LogP contribution in [0.3, 0.4) is 0 Å². The lowest BCUT2D eigenvalue weighted by atomic mass is 10.0. The summed E-state index contributed by atoms with van der Waals surface area (Å²) in [6.45, 7) is 8.78. The number of benzene rings is 2. The van der Waals surface area contributed by atoms with Gasteiger partial charge < -0.3 is 10.2 Å². The van der Waals surface area contributed by atoms with Crippen molar-refractivity contribution < 1.29 is 8.42 Å². The highest BCUT2D eigenvalue weighted by Crippen LogP contribution is 2.20. The summed E-state index contributed by atoms with van der Waals surface area (Å²) in [6.07, 6.45) is 1.18. The molecule has 1 saturated heterocycles. The summed E-state index contributed by atoms with van der Waals surface area (Å²) in [5, 5.41) is 5.92. The third-order valence-electron chi connectivity index (χ3n) is 5.31. The zero-order chi connectivity index (χ0) is 21.8. The standard InChI is InChI=1S/C22H33N5O2S/c1-22(2,25-30(4,28)29)17-24-21(23-3)27-14-12-26(13-15-27)16-19-10-7-9-18-8-5-6-11-20(18)19/h5-11,25H,12-17H2,1-4H3,(H,23,24). The van der Waals surface area contributed by atoms with E-state index in [0.717, 1.165) is 38.7 Å². The van der Waals surface area contributed by atoms with Gasteiger partial charge in [0.15, 0.2) is 5.96 Å². The van der Waals surface area contributed by atoms with E-state index < -0.39 is 15.6 Å². The number of piperazine rings is 1. The van der Waals surface area contributed by atoms with Gasteiger partial charge in [-0.3, -0.25) is 9.89 Å². The number of fused-ring (bicyclic) bond motifs is 1. The third kappa shape index (κ3) is 6.17. The van der Waals surface area contributed by atoms with Gasteiger partial charge in [0.25, 0.3) is 0 Å². The van der Waals surface area contributed by atoms with Crippen LogP contribution in [0, 0.1) is 0 Å². The number of hydrogen-bond acceptors (Lipinski definition) is 4. The Balaban J connectivity index is 1.55. The Bertz CT molecular complexity index is 990. The quantitative estimate of drug-likeness (QED) is 0.539. The second-order valence-corrected chi connectivity index (χ2v) is 10.3. The van der Waals surface area contributed by atoms with Crippen molar-refractivity contribution in [2.75, 3.05) is 46.0 Å². The first-order valence-electron chi connectivity index (χ1n) is 10.3. The fraction of sp³-hybridized carbons (Fsp3) is 0.500.